The molecule has 6 atom stereocenters. The van der Waals surface area contributed by atoms with Crippen LogP contribution in [0.3, 0.4) is 0 Å². The maximum atomic E-state index is 13.8. The number of hydrogen-bond acceptors (Lipinski definition) is 8. The van der Waals surface area contributed by atoms with Gasteiger partial charge in [-0.3, -0.25) is 19.3 Å². The number of likely N-dealkylation sites (tertiary alicyclic amines) is 1. The maximum absolute atomic E-state index is 13.8. The van der Waals surface area contributed by atoms with E-state index < -0.39 is 54.7 Å². The molecule has 10 nitrogen and oxygen atoms in total. The number of carbonyl (C=O) groups excluding carboxylic acids is 3. The molecule has 1 amide bonds. The van der Waals surface area contributed by atoms with Crippen LogP contribution in [-0.2, 0) is 33.4 Å². The van der Waals surface area contributed by atoms with Gasteiger partial charge < -0.3 is 29.4 Å². The van der Waals surface area contributed by atoms with Crippen molar-refractivity contribution in [1.29, 1.82) is 0 Å². The zero-order valence-electron chi connectivity index (χ0n) is 17.7. The summed E-state index contributed by atoms with van der Waals surface area (Å²) in [7, 11) is 1.32. The Labute approximate surface area is 175 Å². The number of aliphatic carboxylic acids is 1. The molecule has 172 valence electrons. The smallest absolute Gasteiger partial charge is 0.326 e. The maximum Gasteiger partial charge on any atom is 0.326 e. The van der Waals surface area contributed by atoms with Crippen LogP contribution in [0.2, 0.25) is 0 Å². The Balaban J connectivity index is 3.06. The average molecular weight is 434 g/mol. The van der Waals surface area contributed by atoms with E-state index in [1.54, 1.807) is 13.8 Å². The third kappa shape index (κ3) is 7.29. The number of methoxy groups -OCH3 is 1. The van der Waals surface area contributed by atoms with Crippen molar-refractivity contribution < 1.29 is 42.9 Å². The fraction of sp³-hybridized carbons (Fsp3) is 0.789. The van der Waals surface area contributed by atoms with Crippen LogP contribution < -0.4 is 5.32 Å². The quantitative estimate of drug-likeness (QED) is 0.246. The molecule has 0 aromatic carbocycles. The topological polar surface area (TPSA) is 131 Å². The van der Waals surface area contributed by atoms with Crippen LogP contribution in [0, 0.1) is 5.92 Å². The number of halogens is 1. The Kier molecular flexibility index (Phi) is 10.8. The number of carbonyl (C=O) groups is 4. The van der Waals surface area contributed by atoms with Gasteiger partial charge in [0, 0.05) is 32.9 Å². The Bertz CT molecular complexity index is 605. The third-order valence-corrected chi connectivity index (χ3v) is 4.84. The molecule has 1 saturated heterocycles. The van der Waals surface area contributed by atoms with Gasteiger partial charge in [-0.25, -0.2) is 4.39 Å². The lowest BCUT2D eigenvalue weighted by Crippen LogP contribution is -2.51. The first-order chi connectivity index (χ1) is 14.2. The zero-order chi connectivity index (χ0) is 22.8. The van der Waals surface area contributed by atoms with Crippen LogP contribution in [0.4, 0.5) is 4.39 Å². The van der Waals surface area contributed by atoms with E-state index in [9.17, 15) is 28.7 Å². The number of alkyl halides is 1. The van der Waals surface area contributed by atoms with E-state index in [0.717, 1.165) is 0 Å². The highest BCUT2D eigenvalue weighted by molar-refractivity contribution is 5.84. The van der Waals surface area contributed by atoms with Crippen LogP contribution in [0.5, 0.6) is 0 Å². The van der Waals surface area contributed by atoms with Gasteiger partial charge in [-0.15, -0.1) is 0 Å². The molecule has 3 unspecified atom stereocenters. The molecular formula is C19H31FN2O8. The molecule has 1 fully saturated rings. The number of ether oxygens (including phenoxy) is 3. The van der Waals surface area contributed by atoms with Crippen LogP contribution in [0.1, 0.15) is 46.5 Å². The average Bonchev–Trinajstić information content (AvgIpc) is 3.05. The zero-order valence-corrected chi connectivity index (χ0v) is 17.7. The second-order valence-electron chi connectivity index (χ2n) is 7.10. The number of esters is 1. The molecule has 1 aliphatic heterocycles. The van der Waals surface area contributed by atoms with Crippen molar-refractivity contribution in [2.45, 2.75) is 77.4 Å². The van der Waals surface area contributed by atoms with Crippen molar-refractivity contribution in [3.63, 3.8) is 0 Å². The number of carboxylic acid groups (broad SMARTS) is 1. The summed E-state index contributed by atoms with van der Waals surface area (Å²) in [6.07, 6.45) is -2.35. The number of aldehydes is 1. The molecule has 2 N–H and O–H groups in total. The monoisotopic (exact) mass is 434 g/mol. The highest BCUT2D eigenvalue weighted by Crippen LogP contribution is 2.31. The Morgan fingerprint density at radius 2 is 2.00 bits per heavy atom. The fourth-order valence-corrected chi connectivity index (χ4v) is 3.36. The number of nitrogens with zero attached hydrogens (tertiary/aromatic N) is 1. The lowest BCUT2D eigenvalue weighted by Gasteiger charge is -2.32. The normalized spacial score (nSPS) is 24.6. The number of amides is 1. The lowest BCUT2D eigenvalue weighted by molar-refractivity contribution is -0.185. The van der Waals surface area contributed by atoms with Gasteiger partial charge in [-0.1, -0.05) is 13.8 Å². The van der Waals surface area contributed by atoms with Crippen molar-refractivity contribution in [1.82, 2.24) is 10.2 Å². The minimum Gasteiger partial charge on any atom is -0.480 e. The first kappa shape index (κ1) is 25.9. The SMILES string of the molecule is CCCC(F)OC(=O)[C@H]1[C@H](C=O)C[C@H](C(=O)O)N1CC(CC)OC(NC(C)=O)OC. The summed E-state index contributed by atoms with van der Waals surface area (Å²) in [5.74, 6) is -3.56. The van der Waals surface area contributed by atoms with Gasteiger partial charge in [0.1, 0.15) is 18.4 Å². The first-order valence-electron chi connectivity index (χ1n) is 9.92. The van der Waals surface area contributed by atoms with Crippen LogP contribution in [0.15, 0.2) is 0 Å². The fourth-order valence-electron chi connectivity index (χ4n) is 3.36. The first-order valence-corrected chi connectivity index (χ1v) is 9.92. The Morgan fingerprint density at radius 1 is 1.33 bits per heavy atom. The molecule has 0 spiro atoms. The summed E-state index contributed by atoms with van der Waals surface area (Å²) in [6, 6.07) is -2.40. The molecular weight excluding hydrogens is 403 g/mol. The van der Waals surface area contributed by atoms with Gasteiger partial charge >= 0.3 is 11.9 Å². The summed E-state index contributed by atoms with van der Waals surface area (Å²) in [4.78, 5) is 48.4. The van der Waals surface area contributed by atoms with Crippen LogP contribution in [-0.4, -0.2) is 78.8 Å². The summed E-state index contributed by atoms with van der Waals surface area (Å²) < 4.78 is 29.4. The van der Waals surface area contributed by atoms with Gasteiger partial charge in [-0.05, 0) is 19.3 Å². The van der Waals surface area contributed by atoms with Crippen molar-refractivity contribution in [2.75, 3.05) is 13.7 Å². The largest absolute Gasteiger partial charge is 0.480 e. The number of carboxylic acids is 1. The van der Waals surface area contributed by atoms with E-state index in [0.29, 0.717) is 19.1 Å². The summed E-state index contributed by atoms with van der Waals surface area (Å²) in [5.41, 5.74) is 0. The van der Waals surface area contributed by atoms with Gasteiger partial charge in [0.2, 0.25) is 18.7 Å². The molecule has 11 heteroatoms. The molecule has 0 aromatic rings. The number of rotatable bonds is 13. The Morgan fingerprint density at radius 3 is 2.47 bits per heavy atom. The second kappa shape index (κ2) is 12.6. The van der Waals surface area contributed by atoms with Crippen molar-refractivity contribution in [3.05, 3.63) is 0 Å². The molecule has 0 aromatic heterocycles. The van der Waals surface area contributed by atoms with Gasteiger partial charge in [-0.2, -0.15) is 0 Å². The molecule has 0 bridgehead atoms. The highest BCUT2D eigenvalue weighted by atomic mass is 19.1. The van der Waals surface area contributed by atoms with Gasteiger partial charge in [0.15, 0.2) is 0 Å². The van der Waals surface area contributed by atoms with Gasteiger partial charge in [0.05, 0.1) is 6.10 Å². The minimum atomic E-state index is -1.84. The predicted octanol–water partition coefficient (Wildman–Crippen LogP) is 0.829. The molecule has 1 rings (SSSR count). The lowest BCUT2D eigenvalue weighted by atomic mass is 10.0. The van der Waals surface area contributed by atoms with Crippen molar-refractivity contribution in [3.8, 4) is 0 Å². The molecule has 1 heterocycles. The van der Waals surface area contributed by atoms with Crippen LogP contribution in [0.25, 0.3) is 0 Å². The third-order valence-electron chi connectivity index (χ3n) is 4.84. The van der Waals surface area contributed by atoms with E-state index in [4.69, 9.17) is 14.2 Å². The predicted molar refractivity (Wildman–Crippen MR) is 102 cm³/mol. The van der Waals surface area contributed by atoms with E-state index in [1.807, 2.05) is 0 Å². The van der Waals surface area contributed by atoms with Gasteiger partial charge in [0.25, 0.3) is 0 Å². The molecule has 1 aliphatic rings. The Hall–Kier alpha value is -2.11. The summed E-state index contributed by atoms with van der Waals surface area (Å²) in [6.45, 7) is 4.70. The number of nitrogens with one attached hydrogen (secondary N) is 1. The molecule has 0 radical (unpaired) electrons. The van der Waals surface area contributed by atoms with Crippen molar-refractivity contribution >= 4 is 24.1 Å². The second-order valence-corrected chi connectivity index (χ2v) is 7.10. The summed E-state index contributed by atoms with van der Waals surface area (Å²) in [5, 5.41) is 12.0. The molecule has 30 heavy (non-hydrogen) atoms. The van der Waals surface area contributed by atoms with E-state index in [-0.39, 0.29) is 19.4 Å². The van der Waals surface area contributed by atoms with Crippen molar-refractivity contribution in [2.24, 2.45) is 5.92 Å². The van der Waals surface area contributed by atoms with E-state index in [1.165, 1.54) is 18.9 Å². The molecule has 0 aliphatic carbocycles. The van der Waals surface area contributed by atoms with E-state index >= 15 is 0 Å². The summed E-state index contributed by atoms with van der Waals surface area (Å²) >= 11 is 0. The van der Waals surface area contributed by atoms with Crippen LogP contribution >= 0.6 is 0 Å². The highest BCUT2D eigenvalue weighted by Gasteiger charge is 2.50. The minimum absolute atomic E-state index is 0.000490. The standard InChI is InChI=1S/C19H31FN2O8/c1-5-7-15(20)30-18(27)16-12(10-23)8-14(17(25)26)22(16)9-13(6-2)29-19(28-4)21-11(3)24/h10,12-16,19H,5-9H2,1-4H3,(H,21,24)(H,25,26)/t12-,13?,14+,15?,16+,19?/m0/s1. The molecule has 0 saturated carbocycles. The number of hydrogen-bond donors (Lipinski definition) is 2. The van der Waals surface area contributed by atoms with E-state index in [2.05, 4.69) is 5.32 Å².